The number of nitrogens with zero attached hydrogens (tertiary/aromatic N) is 1. The minimum Gasteiger partial charge on any atom is -0.497 e. The lowest BCUT2D eigenvalue weighted by Crippen LogP contribution is -2.39. The van der Waals surface area contributed by atoms with E-state index in [2.05, 4.69) is 23.3 Å². The molecule has 4 nitrogen and oxygen atoms in total. The topological polar surface area (TPSA) is 59.6 Å². The van der Waals surface area contributed by atoms with Crippen LogP contribution < -0.4 is 15.8 Å². The fourth-order valence-electron chi connectivity index (χ4n) is 2.89. The van der Waals surface area contributed by atoms with E-state index in [1.807, 2.05) is 12.1 Å². The van der Waals surface area contributed by atoms with Gasteiger partial charge in [-0.15, -0.1) is 24.0 Å². The standard InChI is InChI=1S/C17H27N3O.HI/c1-13-9-14(11-16(10-13)21-2)12-19-17(18)20-15-7-5-3-4-6-8-15;/h9-11,15H,3-8,12H2,1-2H3,(H3,18,19,20);1H. The molecule has 0 aromatic heterocycles. The monoisotopic (exact) mass is 417 g/mol. The normalized spacial score (nSPS) is 16.5. The maximum Gasteiger partial charge on any atom is 0.189 e. The fraction of sp³-hybridized carbons (Fsp3) is 0.588. The molecule has 0 unspecified atom stereocenters. The van der Waals surface area contributed by atoms with Gasteiger partial charge in [-0.05, 0) is 43.0 Å². The molecule has 0 heterocycles. The van der Waals surface area contributed by atoms with E-state index >= 15 is 0 Å². The number of hydrogen-bond donors (Lipinski definition) is 2. The summed E-state index contributed by atoms with van der Waals surface area (Å²) < 4.78 is 5.28. The second-order valence-corrected chi connectivity index (χ2v) is 5.89. The molecule has 1 aromatic carbocycles. The Labute approximate surface area is 150 Å². The number of methoxy groups -OCH3 is 1. The molecule has 3 N–H and O–H groups in total. The molecule has 0 radical (unpaired) electrons. The summed E-state index contributed by atoms with van der Waals surface area (Å²) in [5.74, 6) is 1.43. The van der Waals surface area contributed by atoms with Crippen molar-refractivity contribution in [1.82, 2.24) is 5.32 Å². The first-order valence-corrected chi connectivity index (χ1v) is 7.88. The van der Waals surface area contributed by atoms with Crippen molar-refractivity contribution in [2.45, 2.75) is 58.0 Å². The number of benzene rings is 1. The Bertz CT molecular complexity index is 483. The van der Waals surface area contributed by atoms with E-state index in [1.165, 1.54) is 44.1 Å². The van der Waals surface area contributed by atoms with Crippen LogP contribution in [0.3, 0.4) is 0 Å². The van der Waals surface area contributed by atoms with E-state index in [0.717, 1.165) is 11.3 Å². The van der Waals surface area contributed by atoms with Crippen molar-refractivity contribution in [3.63, 3.8) is 0 Å². The van der Waals surface area contributed by atoms with Gasteiger partial charge in [-0.1, -0.05) is 31.7 Å². The van der Waals surface area contributed by atoms with Crippen LogP contribution in [0, 0.1) is 6.92 Å². The Morgan fingerprint density at radius 3 is 2.55 bits per heavy atom. The van der Waals surface area contributed by atoms with Gasteiger partial charge in [0, 0.05) is 6.04 Å². The minimum absolute atomic E-state index is 0. The van der Waals surface area contributed by atoms with Gasteiger partial charge in [-0.25, -0.2) is 4.99 Å². The lowest BCUT2D eigenvalue weighted by atomic mass is 10.1. The number of nitrogens with one attached hydrogen (secondary N) is 1. The first kappa shape index (κ1) is 19.1. The van der Waals surface area contributed by atoms with Crippen molar-refractivity contribution in [1.29, 1.82) is 0 Å². The number of halogens is 1. The highest BCUT2D eigenvalue weighted by molar-refractivity contribution is 14.0. The zero-order valence-electron chi connectivity index (χ0n) is 13.6. The van der Waals surface area contributed by atoms with E-state index in [4.69, 9.17) is 10.5 Å². The second-order valence-electron chi connectivity index (χ2n) is 5.89. The Morgan fingerprint density at radius 1 is 1.23 bits per heavy atom. The zero-order valence-corrected chi connectivity index (χ0v) is 15.9. The predicted octanol–water partition coefficient (Wildman–Crippen LogP) is 3.75. The van der Waals surface area contributed by atoms with E-state index in [0.29, 0.717) is 18.5 Å². The first-order valence-electron chi connectivity index (χ1n) is 7.88. The lowest BCUT2D eigenvalue weighted by molar-refractivity contribution is 0.414. The molecule has 0 amide bonds. The van der Waals surface area contributed by atoms with Crippen LogP contribution in [0.15, 0.2) is 23.2 Å². The molecule has 1 aromatic rings. The van der Waals surface area contributed by atoms with Crippen LogP contribution >= 0.6 is 24.0 Å². The average Bonchev–Trinajstić information content (AvgIpc) is 2.73. The molecule has 1 fully saturated rings. The molecule has 2 rings (SSSR count). The van der Waals surface area contributed by atoms with Crippen LogP contribution in [0.2, 0.25) is 0 Å². The Kier molecular flexibility index (Phi) is 8.60. The molecule has 0 aliphatic heterocycles. The molecule has 1 aliphatic carbocycles. The summed E-state index contributed by atoms with van der Waals surface area (Å²) in [5.41, 5.74) is 8.32. The minimum atomic E-state index is 0. The van der Waals surface area contributed by atoms with E-state index < -0.39 is 0 Å². The van der Waals surface area contributed by atoms with Crippen LogP contribution in [-0.2, 0) is 6.54 Å². The summed E-state index contributed by atoms with van der Waals surface area (Å²) in [7, 11) is 1.68. The van der Waals surface area contributed by atoms with Gasteiger partial charge in [-0.2, -0.15) is 0 Å². The lowest BCUT2D eigenvalue weighted by Gasteiger charge is -2.16. The van der Waals surface area contributed by atoms with Crippen molar-refractivity contribution >= 4 is 29.9 Å². The van der Waals surface area contributed by atoms with Gasteiger partial charge < -0.3 is 15.8 Å². The summed E-state index contributed by atoms with van der Waals surface area (Å²) >= 11 is 0. The van der Waals surface area contributed by atoms with Crippen molar-refractivity contribution in [3.8, 4) is 5.75 Å². The number of aryl methyl sites for hydroxylation is 1. The predicted molar refractivity (Wildman–Crippen MR) is 103 cm³/mol. The fourth-order valence-corrected chi connectivity index (χ4v) is 2.89. The van der Waals surface area contributed by atoms with E-state index in [1.54, 1.807) is 7.11 Å². The highest BCUT2D eigenvalue weighted by Crippen LogP contribution is 2.18. The number of rotatable bonds is 4. The third-order valence-electron chi connectivity index (χ3n) is 3.99. The van der Waals surface area contributed by atoms with Crippen LogP contribution in [0.5, 0.6) is 5.75 Å². The van der Waals surface area contributed by atoms with Crippen molar-refractivity contribution < 1.29 is 4.74 Å². The second kappa shape index (κ2) is 9.92. The quantitative estimate of drug-likeness (QED) is 0.340. The molecule has 1 aliphatic rings. The number of guanidine groups is 1. The van der Waals surface area contributed by atoms with Gasteiger partial charge in [0.05, 0.1) is 13.7 Å². The van der Waals surface area contributed by atoms with Gasteiger partial charge in [-0.3, -0.25) is 0 Å². The molecule has 0 atom stereocenters. The van der Waals surface area contributed by atoms with E-state index in [-0.39, 0.29) is 24.0 Å². The molecular formula is C17H28IN3O. The van der Waals surface area contributed by atoms with Gasteiger partial charge in [0.25, 0.3) is 0 Å². The summed E-state index contributed by atoms with van der Waals surface area (Å²) in [4.78, 5) is 4.46. The Balaban J connectivity index is 0.00000242. The number of aliphatic imine (C=N–C) groups is 1. The zero-order chi connectivity index (χ0) is 15.1. The molecule has 124 valence electrons. The largest absolute Gasteiger partial charge is 0.497 e. The van der Waals surface area contributed by atoms with Crippen LogP contribution in [0.1, 0.15) is 49.7 Å². The first-order chi connectivity index (χ1) is 10.2. The van der Waals surface area contributed by atoms with Crippen LogP contribution in [0.25, 0.3) is 0 Å². The summed E-state index contributed by atoms with van der Waals surface area (Å²) in [6.07, 6.45) is 7.68. The molecule has 0 bridgehead atoms. The molecular weight excluding hydrogens is 389 g/mol. The summed E-state index contributed by atoms with van der Waals surface area (Å²) in [6.45, 7) is 2.65. The molecule has 1 saturated carbocycles. The number of ether oxygens (including phenoxy) is 1. The maximum atomic E-state index is 6.02. The molecule has 0 spiro atoms. The number of hydrogen-bond acceptors (Lipinski definition) is 2. The smallest absolute Gasteiger partial charge is 0.189 e. The molecule has 0 saturated heterocycles. The van der Waals surface area contributed by atoms with Crippen molar-refractivity contribution in [2.24, 2.45) is 10.7 Å². The third-order valence-corrected chi connectivity index (χ3v) is 3.99. The van der Waals surface area contributed by atoms with Crippen molar-refractivity contribution in [3.05, 3.63) is 29.3 Å². The highest BCUT2D eigenvalue weighted by Gasteiger charge is 2.12. The van der Waals surface area contributed by atoms with Gasteiger partial charge >= 0.3 is 0 Å². The highest BCUT2D eigenvalue weighted by atomic mass is 127. The van der Waals surface area contributed by atoms with E-state index in [9.17, 15) is 0 Å². The van der Waals surface area contributed by atoms with Crippen LogP contribution in [0.4, 0.5) is 0 Å². The summed E-state index contributed by atoms with van der Waals surface area (Å²) in [6, 6.07) is 6.63. The van der Waals surface area contributed by atoms with Crippen LogP contribution in [-0.4, -0.2) is 19.1 Å². The average molecular weight is 417 g/mol. The number of nitrogens with two attached hydrogens (primary N) is 1. The molecule has 22 heavy (non-hydrogen) atoms. The van der Waals surface area contributed by atoms with Gasteiger partial charge in [0.1, 0.15) is 5.75 Å². The van der Waals surface area contributed by atoms with Gasteiger partial charge in [0.2, 0.25) is 0 Å². The van der Waals surface area contributed by atoms with Gasteiger partial charge in [0.15, 0.2) is 5.96 Å². The summed E-state index contributed by atoms with van der Waals surface area (Å²) in [5, 5.41) is 3.37. The third kappa shape index (κ3) is 6.42. The van der Waals surface area contributed by atoms with Crippen molar-refractivity contribution in [2.75, 3.05) is 7.11 Å². The maximum absolute atomic E-state index is 6.02. The SMILES string of the molecule is COc1cc(C)cc(CN=C(N)NC2CCCCCC2)c1.I. The molecule has 5 heteroatoms. The Morgan fingerprint density at radius 2 is 1.91 bits per heavy atom. The Hall–Kier alpha value is -0.980.